The summed E-state index contributed by atoms with van der Waals surface area (Å²) >= 11 is 0. The summed E-state index contributed by atoms with van der Waals surface area (Å²) in [5, 5.41) is 0. The van der Waals surface area contributed by atoms with Crippen molar-refractivity contribution in [2.45, 2.75) is 25.9 Å². The highest BCUT2D eigenvalue weighted by atomic mass is 15.2. The number of likely N-dealkylation sites (tertiary alicyclic amines) is 1. The van der Waals surface area contributed by atoms with E-state index in [4.69, 9.17) is 5.73 Å². The molecule has 1 aliphatic heterocycles. The monoisotopic (exact) mass is 204 g/mol. The molecule has 2 nitrogen and oxygen atoms in total. The molecule has 1 heterocycles. The van der Waals surface area contributed by atoms with Gasteiger partial charge in [0.05, 0.1) is 0 Å². The van der Waals surface area contributed by atoms with Crippen molar-refractivity contribution in [3.05, 3.63) is 35.9 Å². The highest BCUT2D eigenvalue weighted by Gasteiger charge is 2.27. The predicted octanol–water partition coefficient (Wildman–Crippen LogP) is 1.86. The molecule has 0 radical (unpaired) electrons. The maximum absolute atomic E-state index is 5.72. The molecule has 1 aromatic carbocycles. The van der Waals surface area contributed by atoms with E-state index in [2.05, 4.69) is 42.2 Å². The molecule has 2 unspecified atom stereocenters. The summed E-state index contributed by atoms with van der Waals surface area (Å²) in [6.07, 6.45) is 1.25. The summed E-state index contributed by atoms with van der Waals surface area (Å²) in [7, 11) is 0. The zero-order valence-corrected chi connectivity index (χ0v) is 9.39. The SMILES string of the molecule is CC1CC(CN)CN1Cc1ccccc1. The van der Waals surface area contributed by atoms with Crippen LogP contribution in [0.2, 0.25) is 0 Å². The number of nitrogens with zero attached hydrogens (tertiary/aromatic N) is 1. The molecule has 0 amide bonds. The Labute approximate surface area is 92.1 Å². The van der Waals surface area contributed by atoms with Gasteiger partial charge in [-0.15, -0.1) is 0 Å². The smallest absolute Gasteiger partial charge is 0.0236 e. The van der Waals surface area contributed by atoms with Crippen molar-refractivity contribution in [3.8, 4) is 0 Å². The zero-order valence-electron chi connectivity index (χ0n) is 9.39. The van der Waals surface area contributed by atoms with Crippen LogP contribution in [0.3, 0.4) is 0 Å². The summed E-state index contributed by atoms with van der Waals surface area (Å²) in [5.41, 5.74) is 7.13. The van der Waals surface area contributed by atoms with Gasteiger partial charge in [0.2, 0.25) is 0 Å². The van der Waals surface area contributed by atoms with E-state index in [-0.39, 0.29) is 0 Å². The van der Waals surface area contributed by atoms with Crippen LogP contribution in [0.15, 0.2) is 30.3 Å². The van der Waals surface area contributed by atoms with Crippen LogP contribution in [0.5, 0.6) is 0 Å². The Balaban J connectivity index is 1.96. The molecule has 0 saturated carbocycles. The van der Waals surface area contributed by atoms with Crippen molar-refractivity contribution in [2.75, 3.05) is 13.1 Å². The second-order valence-corrected chi connectivity index (χ2v) is 4.60. The Morgan fingerprint density at radius 3 is 2.67 bits per heavy atom. The lowest BCUT2D eigenvalue weighted by Crippen LogP contribution is -2.27. The molecule has 1 aliphatic rings. The van der Waals surface area contributed by atoms with Crippen molar-refractivity contribution in [1.29, 1.82) is 0 Å². The number of rotatable bonds is 3. The van der Waals surface area contributed by atoms with Gasteiger partial charge in [0.15, 0.2) is 0 Å². The van der Waals surface area contributed by atoms with Gasteiger partial charge in [-0.2, -0.15) is 0 Å². The average Bonchev–Trinajstić information content (AvgIpc) is 2.61. The summed E-state index contributed by atoms with van der Waals surface area (Å²) in [6, 6.07) is 11.4. The Hall–Kier alpha value is -0.860. The van der Waals surface area contributed by atoms with Gasteiger partial charge in [-0.1, -0.05) is 30.3 Å². The molecule has 1 fully saturated rings. The highest BCUT2D eigenvalue weighted by Crippen LogP contribution is 2.23. The first-order valence-electron chi connectivity index (χ1n) is 5.77. The Bertz CT molecular complexity index is 297. The number of nitrogens with two attached hydrogens (primary N) is 1. The maximum atomic E-state index is 5.72. The van der Waals surface area contributed by atoms with Gasteiger partial charge in [-0.05, 0) is 31.4 Å². The van der Waals surface area contributed by atoms with E-state index in [1.807, 2.05) is 0 Å². The minimum atomic E-state index is 0.679. The molecule has 2 atom stereocenters. The van der Waals surface area contributed by atoms with Crippen LogP contribution in [-0.2, 0) is 6.54 Å². The first-order valence-corrected chi connectivity index (χ1v) is 5.77. The van der Waals surface area contributed by atoms with Gasteiger partial charge in [0.25, 0.3) is 0 Å². The molecule has 0 aliphatic carbocycles. The van der Waals surface area contributed by atoms with E-state index in [9.17, 15) is 0 Å². The Kier molecular flexibility index (Phi) is 3.39. The molecule has 15 heavy (non-hydrogen) atoms. The number of hydrogen-bond donors (Lipinski definition) is 1. The lowest BCUT2D eigenvalue weighted by Gasteiger charge is -2.20. The molecule has 1 aromatic rings. The van der Waals surface area contributed by atoms with E-state index in [1.54, 1.807) is 0 Å². The van der Waals surface area contributed by atoms with Gasteiger partial charge < -0.3 is 5.73 Å². The second kappa shape index (κ2) is 4.77. The van der Waals surface area contributed by atoms with Crippen LogP contribution in [0.25, 0.3) is 0 Å². The minimum absolute atomic E-state index is 0.679. The Morgan fingerprint density at radius 2 is 2.07 bits per heavy atom. The molecule has 2 heteroatoms. The van der Waals surface area contributed by atoms with Gasteiger partial charge in [0, 0.05) is 19.1 Å². The summed E-state index contributed by atoms with van der Waals surface area (Å²) in [6.45, 7) is 5.36. The van der Waals surface area contributed by atoms with Crippen molar-refractivity contribution in [1.82, 2.24) is 4.90 Å². The van der Waals surface area contributed by atoms with Crippen LogP contribution in [0, 0.1) is 5.92 Å². The van der Waals surface area contributed by atoms with Crippen molar-refractivity contribution < 1.29 is 0 Å². The number of benzene rings is 1. The van der Waals surface area contributed by atoms with E-state index in [0.29, 0.717) is 12.0 Å². The van der Waals surface area contributed by atoms with Crippen molar-refractivity contribution in [3.63, 3.8) is 0 Å². The molecular formula is C13H20N2. The van der Waals surface area contributed by atoms with Gasteiger partial charge in [-0.3, -0.25) is 4.90 Å². The molecule has 1 saturated heterocycles. The third-order valence-electron chi connectivity index (χ3n) is 3.35. The Morgan fingerprint density at radius 1 is 1.33 bits per heavy atom. The second-order valence-electron chi connectivity index (χ2n) is 4.60. The fraction of sp³-hybridized carbons (Fsp3) is 0.538. The number of hydrogen-bond acceptors (Lipinski definition) is 2. The van der Waals surface area contributed by atoms with Crippen molar-refractivity contribution in [2.24, 2.45) is 11.7 Å². The van der Waals surface area contributed by atoms with Crippen LogP contribution < -0.4 is 5.73 Å². The van der Waals surface area contributed by atoms with Crippen LogP contribution >= 0.6 is 0 Å². The molecule has 82 valence electrons. The largest absolute Gasteiger partial charge is 0.330 e. The standard InChI is InChI=1S/C13H20N2/c1-11-7-13(8-14)10-15(11)9-12-5-3-2-4-6-12/h2-6,11,13H,7-10,14H2,1H3. The topological polar surface area (TPSA) is 29.3 Å². The molecule has 0 aromatic heterocycles. The van der Waals surface area contributed by atoms with E-state index >= 15 is 0 Å². The van der Waals surface area contributed by atoms with Crippen molar-refractivity contribution >= 4 is 0 Å². The lowest BCUT2D eigenvalue weighted by molar-refractivity contribution is 0.256. The van der Waals surface area contributed by atoms with Crippen LogP contribution in [0.1, 0.15) is 18.9 Å². The highest BCUT2D eigenvalue weighted by molar-refractivity contribution is 5.14. The predicted molar refractivity (Wildman–Crippen MR) is 63.5 cm³/mol. The molecule has 2 N–H and O–H groups in total. The summed E-state index contributed by atoms with van der Waals surface area (Å²) in [5.74, 6) is 0.698. The first-order chi connectivity index (χ1) is 7.29. The minimum Gasteiger partial charge on any atom is -0.330 e. The van der Waals surface area contributed by atoms with Gasteiger partial charge >= 0.3 is 0 Å². The third-order valence-corrected chi connectivity index (χ3v) is 3.35. The van der Waals surface area contributed by atoms with E-state index in [0.717, 1.165) is 19.6 Å². The summed E-state index contributed by atoms with van der Waals surface area (Å²) < 4.78 is 0. The summed E-state index contributed by atoms with van der Waals surface area (Å²) in [4.78, 5) is 2.53. The molecule has 0 spiro atoms. The average molecular weight is 204 g/mol. The molecule has 2 rings (SSSR count). The lowest BCUT2D eigenvalue weighted by atomic mass is 10.1. The van der Waals surface area contributed by atoms with Gasteiger partial charge in [0.1, 0.15) is 0 Å². The molecular weight excluding hydrogens is 184 g/mol. The third kappa shape index (κ3) is 2.58. The fourth-order valence-electron chi connectivity index (χ4n) is 2.43. The zero-order chi connectivity index (χ0) is 10.7. The quantitative estimate of drug-likeness (QED) is 0.814. The normalized spacial score (nSPS) is 27.1. The van der Waals surface area contributed by atoms with Crippen LogP contribution in [0.4, 0.5) is 0 Å². The van der Waals surface area contributed by atoms with Crippen LogP contribution in [-0.4, -0.2) is 24.0 Å². The fourth-order valence-corrected chi connectivity index (χ4v) is 2.43. The van der Waals surface area contributed by atoms with E-state index < -0.39 is 0 Å². The maximum Gasteiger partial charge on any atom is 0.0236 e. The van der Waals surface area contributed by atoms with E-state index in [1.165, 1.54) is 12.0 Å². The van der Waals surface area contributed by atoms with Gasteiger partial charge in [-0.25, -0.2) is 0 Å². The first kappa shape index (κ1) is 10.7. The molecule has 0 bridgehead atoms.